The molecular formula is C16H27N3O. The summed E-state index contributed by atoms with van der Waals surface area (Å²) in [5.74, 6) is -0.00486. The lowest BCUT2D eigenvalue weighted by molar-refractivity contribution is -0.118. The highest BCUT2D eigenvalue weighted by atomic mass is 16.2. The van der Waals surface area contributed by atoms with Crippen LogP contribution in [0.3, 0.4) is 0 Å². The van der Waals surface area contributed by atoms with Crippen molar-refractivity contribution in [3.8, 4) is 0 Å². The molecule has 0 aliphatic rings. The summed E-state index contributed by atoms with van der Waals surface area (Å²) >= 11 is 0. The van der Waals surface area contributed by atoms with E-state index in [1.165, 1.54) is 0 Å². The van der Waals surface area contributed by atoms with E-state index in [4.69, 9.17) is 5.73 Å². The molecule has 1 aromatic carbocycles. The third-order valence-electron chi connectivity index (χ3n) is 3.45. The molecule has 0 heterocycles. The number of rotatable bonds is 6. The van der Waals surface area contributed by atoms with E-state index in [1.807, 2.05) is 38.1 Å². The molecule has 1 amide bonds. The second-order valence-electron chi connectivity index (χ2n) is 5.69. The van der Waals surface area contributed by atoms with Crippen LogP contribution in [0.1, 0.15) is 34.6 Å². The lowest BCUT2D eigenvalue weighted by Crippen LogP contribution is -2.39. The van der Waals surface area contributed by atoms with E-state index < -0.39 is 6.04 Å². The number of nitrogens with one attached hydrogen (secondary N) is 1. The maximum absolute atomic E-state index is 11.9. The van der Waals surface area contributed by atoms with Crippen LogP contribution in [0, 0.1) is 5.92 Å². The summed E-state index contributed by atoms with van der Waals surface area (Å²) in [4.78, 5) is 14.2. The molecule has 0 saturated carbocycles. The van der Waals surface area contributed by atoms with Crippen LogP contribution in [-0.4, -0.2) is 24.5 Å². The van der Waals surface area contributed by atoms with Crippen molar-refractivity contribution in [3.05, 3.63) is 24.3 Å². The van der Waals surface area contributed by atoms with Gasteiger partial charge in [-0.05, 0) is 51.0 Å². The van der Waals surface area contributed by atoms with Crippen molar-refractivity contribution in [2.75, 3.05) is 16.8 Å². The smallest absolute Gasteiger partial charge is 0.241 e. The Hall–Kier alpha value is -1.55. The predicted molar refractivity (Wildman–Crippen MR) is 86.0 cm³/mol. The van der Waals surface area contributed by atoms with Crippen molar-refractivity contribution in [1.82, 2.24) is 0 Å². The first-order chi connectivity index (χ1) is 9.36. The Morgan fingerprint density at radius 1 is 1.20 bits per heavy atom. The van der Waals surface area contributed by atoms with E-state index in [9.17, 15) is 4.79 Å². The molecule has 0 spiro atoms. The van der Waals surface area contributed by atoms with Gasteiger partial charge in [-0.2, -0.15) is 0 Å². The van der Waals surface area contributed by atoms with E-state index in [1.54, 1.807) is 0 Å². The van der Waals surface area contributed by atoms with Crippen molar-refractivity contribution < 1.29 is 4.79 Å². The van der Waals surface area contributed by atoms with Crippen LogP contribution < -0.4 is 16.0 Å². The molecule has 1 rings (SSSR count). The van der Waals surface area contributed by atoms with Crippen molar-refractivity contribution >= 4 is 17.3 Å². The third kappa shape index (κ3) is 4.23. The standard InChI is InChI=1S/C16H27N3O/c1-6-19(12(4)5)14-9-7-13(8-10-14)18-16(20)15(17)11(2)3/h7-12,15H,6,17H2,1-5H3,(H,18,20)/t15-/m0/s1. The molecule has 20 heavy (non-hydrogen) atoms. The highest BCUT2D eigenvalue weighted by Crippen LogP contribution is 2.20. The molecule has 112 valence electrons. The average Bonchev–Trinajstić information content (AvgIpc) is 2.40. The molecule has 0 aliphatic carbocycles. The van der Waals surface area contributed by atoms with Gasteiger partial charge in [0.1, 0.15) is 0 Å². The van der Waals surface area contributed by atoms with Gasteiger partial charge in [-0.3, -0.25) is 4.79 Å². The fourth-order valence-corrected chi connectivity index (χ4v) is 2.11. The van der Waals surface area contributed by atoms with Crippen LogP contribution in [0.25, 0.3) is 0 Å². The maximum Gasteiger partial charge on any atom is 0.241 e. The highest BCUT2D eigenvalue weighted by Gasteiger charge is 2.17. The summed E-state index contributed by atoms with van der Waals surface area (Å²) < 4.78 is 0. The molecule has 3 N–H and O–H groups in total. The van der Waals surface area contributed by atoms with Gasteiger partial charge in [0.15, 0.2) is 0 Å². The molecule has 0 saturated heterocycles. The number of hydrogen-bond donors (Lipinski definition) is 2. The topological polar surface area (TPSA) is 58.4 Å². The summed E-state index contributed by atoms with van der Waals surface area (Å²) in [7, 11) is 0. The summed E-state index contributed by atoms with van der Waals surface area (Å²) in [6.07, 6.45) is 0. The van der Waals surface area contributed by atoms with E-state index in [-0.39, 0.29) is 11.8 Å². The molecule has 1 aromatic rings. The number of nitrogens with two attached hydrogens (primary N) is 1. The Morgan fingerprint density at radius 2 is 1.75 bits per heavy atom. The van der Waals surface area contributed by atoms with Crippen LogP contribution >= 0.6 is 0 Å². The normalized spacial score (nSPS) is 12.6. The lowest BCUT2D eigenvalue weighted by Gasteiger charge is -2.27. The number of benzene rings is 1. The molecular weight excluding hydrogens is 250 g/mol. The average molecular weight is 277 g/mol. The largest absolute Gasteiger partial charge is 0.369 e. The Bertz CT molecular complexity index is 426. The SMILES string of the molecule is CCN(c1ccc(NC(=O)[C@@H](N)C(C)C)cc1)C(C)C. The molecule has 0 fully saturated rings. The van der Waals surface area contributed by atoms with Crippen molar-refractivity contribution in [2.45, 2.75) is 46.7 Å². The van der Waals surface area contributed by atoms with Gasteiger partial charge in [-0.15, -0.1) is 0 Å². The van der Waals surface area contributed by atoms with Crippen molar-refractivity contribution in [1.29, 1.82) is 0 Å². The Morgan fingerprint density at radius 3 is 2.15 bits per heavy atom. The lowest BCUT2D eigenvalue weighted by atomic mass is 10.0. The number of anilines is 2. The second kappa shape index (κ2) is 7.29. The molecule has 4 nitrogen and oxygen atoms in total. The highest BCUT2D eigenvalue weighted by molar-refractivity contribution is 5.94. The maximum atomic E-state index is 11.9. The van der Waals surface area contributed by atoms with Gasteiger partial charge >= 0.3 is 0 Å². The van der Waals surface area contributed by atoms with Gasteiger partial charge in [0, 0.05) is 24.0 Å². The van der Waals surface area contributed by atoms with Crippen LogP contribution in [-0.2, 0) is 4.79 Å². The third-order valence-corrected chi connectivity index (χ3v) is 3.45. The van der Waals surface area contributed by atoms with Gasteiger partial charge in [0.05, 0.1) is 6.04 Å². The molecule has 1 atom stereocenters. The van der Waals surface area contributed by atoms with Crippen LogP contribution in [0.4, 0.5) is 11.4 Å². The zero-order valence-electron chi connectivity index (χ0n) is 13.2. The minimum Gasteiger partial charge on any atom is -0.369 e. The first kappa shape index (κ1) is 16.5. The second-order valence-corrected chi connectivity index (χ2v) is 5.69. The number of carbonyl (C=O) groups is 1. The molecule has 0 aromatic heterocycles. The number of amides is 1. The van der Waals surface area contributed by atoms with Gasteiger partial charge < -0.3 is 16.0 Å². The number of hydrogen-bond acceptors (Lipinski definition) is 3. The Labute approximate surface area is 122 Å². The minimum atomic E-state index is -0.475. The van der Waals surface area contributed by atoms with E-state index >= 15 is 0 Å². The van der Waals surface area contributed by atoms with E-state index in [2.05, 4.69) is 31.0 Å². The molecule has 4 heteroatoms. The number of carbonyl (C=O) groups excluding carboxylic acids is 1. The summed E-state index contributed by atoms with van der Waals surface area (Å²) in [6, 6.07) is 7.88. The predicted octanol–water partition coefficient (Wildman–Crippen LogP) is 2.84. The fourth-order valence-electron chi connectivity index (χ4n) is 2.11. The van der Waals surface area contributed by atoms with Crippen LogP contribution in [0.5, 0.6) is 0 Å². The Kier molecular flexibility index (Phi) is 6.02. The van der Waals surface area contributed by atoms with Gasteiger partial charge in [-0.1, -0.05) is 13.8 Å². The van der Waals surface area contributed by atoms with Crippen LogP contribution in [0.15, 0.2) is 24.3 Å². The zero-order chi connectivity index (χ0) is 15.3. The van der Waals surface area contributed by atoms with E-state index in [0.717, 1.165) is 17.9 Å². The molecule has 0 unspecified atom stereocenters. The van der Waals surface area contributed by atoms with Gasteiger partial charge in [0.2, 0.25) is 5.91 Å². The number of nitrogens with zero attached hydrogens (tertiary/aromatic N) is 1. The quantitative estimate of drug-likeness (QED) is 0.840. The summed E-state index contributed by atoms with van der Waals surface area (Å²) in [5, 5.41) is 2.85. The van der Waals surface area contributed by atoms with Gasteiger partial charge in [0.25, 0.3) is 0 Å². The van der Waals surface area contributed by atoms with Gasteiger partial charge in [-0.25, -0.2) is 0 Å². The monoisotopic (exact) mass is 277 g/mol. The van der Waals surface area contributed by atoms with E-state index in [0.29, 0.717) is 6.04 Å². The molecule has 0 aliphatic heterocycles. The first-order valence-corrected chi connectivity index (χ1v) is 7.30. The Balaban J connectivity index is 2.74. The summed E-state index contributed by atoms with van der Waals surface area (Å²) in [6.45, 7) is 11.3. The fraction of sp³-hybridized carbons (Fsp3) is 0.562. The van der Waals surface area contributed by atoms with Crippen molar-refractivity contribution in [2.24, 2.45) is 11.7 Å². The zero-order valence-corrected chi connectivity index (χ0v) is 13.2. The molecule has 0 radical (unpaired) electrons. The molecule has 0 bridgehead atoms. The van der Waals surface area contributed by atoms with Crippen molar-refractivity contribution in [3.63, 3.8) is 0 Å². The van der Waals surface area contributed by atoms with Crippen LogP contribution in [0.2, 0.25) is 0 Å². The first-order valence-electron chi connectivity index (χ1n) is 7.30. The summed E-state index contributed by atoms with van der Waals surface area (Å²) in [5.41, 5.74) is 7.77. The minimum absolute atomic E-state index is 0.130.